The first kappa shape index (κ1) is 8.65. The fourth-order valence-corrected chi connectivity index (χ4v) is 1.47. The van der Waals surface area contributed by atoms with Crippen molar-refractivity contribution in [3.8, 4) is 11.8 Å². The SMILES string of the molecule is CC1C#CC(C)(C)CCCC1. The summed E-state index contributed by atoms with van der Waals surface area (Å²) in [7, 11) is 0. The molecule has 1 aliphatic rings. The molecule has 0 heterocycles. The molecule has 0 aromatic rings. The zero-order chi connectivity index (χ0) is 8.32. The van der Waals surface area contributed by atoms with Gasteiger partial charge in [0.2, 0.25) is 0 Å². The van der Waals surface area contributed by atoms with Gasteiger partial charge in [-0.2, -0.15) is 0 Å². The molecule has 0 saturated heterocycles. The first-order valence-electron chi connectivity index (χ1n) is 4.63. The Morgan fingerprint density at radius 1 is 1.27 bits per heavy atom. The lowest BCUT2D eigenvalue weighted by Crippen LogP contribution is -2.10. The molecule has 0 heteroatoms. The fourth-order valence-electron chi connectivity index (χ4n) is 1.47. The quantitative estimate of drug-likeness (QED) is 0.465. The van der Waals surface area contributed by atoms with Crippen LogP contribution in [0.2, 0.25) is 0 Å². The van der Waals surface area contributed by atoms with E-state index in [1.165, 1.54) is 25.7 Å². The minimum absolute atomic E-state index is 0.272. The van der Waals surface area contributed by atoms with E-state index in [0.717, 1.165) is 0 Å². The standard InChI is InChI=1S/C11H18/c1-10-6-4-5-8-11(2,3)9-7-10/h10H,4-6,8H2,1-3H3. The minimum Gasteiger partial charge on any atom is -0.0996 e. The van der Waals surface area contributed by atoms with E-state index >= 15 is 0 Å². The van der Waals surface area contributed by atoms with Crippen molar-refractivity contribution in [1.82, 2.24) is 0 Å². The fraction of sp³-hybridized carbons (Fsp3) is 0.818. The van der Waals surface area contributed by atoms with Gasteiger partial charge < -0.3 is 0 Å². The largest absolute Gasteiger partial charge is 0.0996 e. The van der Waals surface area contributed by atoms with Crippen LogP contribution < -0.4 is 0 Å². The second-order valence-corrected chi connectivity index (χ2v) is 4.30. The van der Waals surface area contributed by atoms with E-state index in [0.29, 0.717) is 5.92 Å². The summed E-state index contributed by atoms with van der Waals surface area (Å²) in [6, 6.07) is 0. The van der Waals surface area contributed by atoms with Crippen LogP contribution in [0.25, 0.3) is 0 Å². The van der Waals surface area contributed by atoms with Gasteiger partial charge in [-0.3, -0.25) is 0 Å². The Kier molecular flexibility index (Phi) is 2.60. The highest BCUT2D eigenvalue weighted by Gasteiger charge is 2.15. The van der Waals surface area contributed by atoms with E-state index in [1.54, 1.807) is 0 Å². The third kappa shape index (κ3) is 2.97. The monoisotopic (exact) mass is 150 g/mol. The van der Waals surface area contributed by atoms with Crippen molar-refractivity contribution in [3.63, 3.8) is 0 Å². The Bertz CT molecular complexity index is 178. The predicted molar refractivity (Wildman–Crippen MR) is 49.2 cm³/mol. The number of hydrogen-bond donors (Lipinski definition) is 0. The molecule has 0 bridgehead atoms. The van der Waals surface area contributed by atoms with Crippen LogP contribution in [0, 0.1) is 23.2 Å². The maximum atomic E-state index is 3.36. The minimum atomic E-state index is 0.272. The molecule has 0 spiro atoms. The average Bonchev–Trinajstić information content (AvgIpc) is 1.92. The van der Waals surface area contributed by atoms with Gasteiger partial charge in [0.15, 0.2) is 0 Å². The van der Waals surface area contributed by atoms with Crippen LogP contribution in [0.3, 0.4) is 0 Å². The van der Waals surface area contributed by atoms with Crippen molar-refractivity contribution < 1.29 is 0 Å². The number of rotatable bonds is 0. The third-order valence-electron chi connectivity index (χ3n) is 2.35. The summed E-state index contributed by atoms with van der Waals surface area (Å²) < 4.78 is 0. The molecule has 0 nitrogen and oxygen atoms in total. The lowest BCUT2D eigenvalue weighted by Gasteiger charge is -2.20. The molecular formula is C11H18. The molecule has 0 aromatic carbocycles. The van der Waals surface area contributed by atoms with Gasteiger partial charge in [0.25, 0.3) is 0 Å². The van der Waals surface area contributed by atoms with Gasteiger partial charge >= 0.3 is 0 Å². The Hall–Kier alpha value is -0.440. The zero-order valence-electron chi connectivity index (χ0n) is 7.91. The van der Waals surface area contributed by atoms with Crippen LogP contribution in [0.4, 0.5) is 0 Å². The van der Waals surface area contributed by atoms with E-state index in [2.05, 4.69) is 32.6 Å². The molecule has 62 valence electrons. The van der Waals surface area contributed by atoms with Gasteiger partial charge in [-0.25, -0.2) is 0 Å². The van der Waals surface area contributed by atoms with Crippen LogP contribution in [0.15, 0.2) is 0 Å². The van der Waals surface area contributed by atoms with Crippen LogP contribution in [-0.4, -0.2) is 0 Å². The number of hydrogen-bond acceptors (Lipinski definition) is 0. The molecule has 0 fully saturated rings. The summed E-state index contributed by atoms with van der Waals surface area (Å²) in [6.45, 7) is 6.73. The second-order valence-electron chi connectivity index (χ2n) is 4.30. The maximum Gasteiger partial charge on any atom is 0.0258 e. The summed E-state index contributed by atoms with van der Waals surface area (Å²) in [5, 5.41) is 0. The normalized spacial score (nSPS) is 29.5. The van der Waals surface area contributed by atoms with Crippen molar-refractivity contribution in [2.45, 2.75) is 46.5 Å². The van der Waals surface area contributed by atoms with Gasteiger partial charge in [0.05, 0.1) is 0 Å². The smallest absolute Gasteiger partial charge is 0.0258 e. The lowest BCUT2D eigenvalue weighted by molar-refractivity contribution is 0.410. The summed E-state index contributed by atoms with van der Waals surface area (Å²) in [5.41, 5.74) is 0.272. The molecule has 0 amide bonds. The topological polar surface area (TPSA) is 0 Å². The summed E-state index contributed by atoms with van der Waals surface area (Å²) >= 11 is 0. The molecule has 0 aliphatic heterocycles. The molecule has 1 atom stereocenters. The van der Waals surface area contributed by atoms with E-state index < -0.39 is 0 Å². The van der Waals surface area contributed by atoms with Crippen molar-refractivity contribution in [1.29, 1.82) is 0 Å². The molecule has 11 heavy (non-hydrogen) atoms. The highest BCUT2D eigenvalue weighted by molar-refractivity contribution is 5.11. The maximum absolute atomic E-state index is 3.36. The molecule has 0 N–H and O–H groups in total. The highest BCUT2D eigenvalue weighted by Crippen LogP contribution is 2.25. The van der Waals surface area contributed by atoms with Crippen LogP contribution >= 0.6 is 0 Å². The zero-order valence-corrected chi connectivity index (χ0v) is 7.91. The first-order valence-corrected chi connectivity index (χ1v) is 4.63. The van der Waals surface area contributed by atoms with Crippen LogP contribution in [0.1, 0.15) is 46.5 Å². The summed E-state index contributed by atoms with van der Waals surface area (Å²) in [5.74, 6) is 7.31. The van der Waals surface area contributed by atoms with E-state index in [-0.39, 0.29) is 5.41 Å². The Morgan fingerprint density at radius 3 is 2.73 bits per heavy atom. The Balaban J connectivity index is 2.66. The van der Waals surface area contributed by atoms with E-state index in [4.69, 9.17) is 0 Å². The molecule has 1 rings (SSSR count). The van der Waals surface area contributed by atoms with E-state index in [1.807, 2.05) is 0 Å². The van der Waals surface area contributed by atoms with E-state index in [9.17, 15) is 0 Å². The first-order chi connectivity index (χ1) is 5.10. The van der Waals surface area contributed by atoms with Crippen LogP contribution in [-0.2, 0) is 0 Å². The predicted octanol–water partition coefficient (Wildman–Crippen LogP) is 3.23. The molecule has 0 radical (unpaired) electrons. The van der Waals surface area contributed by atoms with Crippen molar-refractivity contribution in [2.75, 3.05) is 0 Å². The molecule has 1 unspecified atom stereocenters. The molecule has 0 saturated carbocycles. The van der Waals surface area contributed by atoms with Crippen molar-refractivity contribution >= 4 is 0 Å². The average molecular weight is 150 g/mol. The highest BCUT2D eigenvalue weighted by atomic mass is 14.2. The summed E-state index contributed by atoms with van der Waals surface area (Å²) in [6.07, 6.45) is 5.28. The van der Waals surface area contributed by atoms with Gasteiger partial charge in [0, 0.05) is 11.3 Å². The third-order valence-corrected chi connectivity index (χ3v) is 2.35. The van der Waals surface area contributed by atoms with Gasteiger partial charge in [-0.1, -0.05) is 31.6 Å². The molecule has 1 aliphatic carbocycles. The van der Waals surface area contributed by atoms with Crippen LogP contribution in [0.5, 0.6) is 0 Å². The molecular weight excluding hydrogens is 132 g/mol. The van der Waals surface area contributed by atoms with Gasteiger partial charge in [0.1, 0.15) is 0 Å². The second kappa shape index (κ2) is 3.30. The molecule has 0 aromatic heterocycles. The summed E-state index contributed by atoms with van der Waals surface area (Å²) in [4.78, 5) is 0. The lowest BCUT2D eigenvalue weighted by atomic mass is 9.84. The van der Waals surface area contributed by atoms with Crippen molar-refractivity contribution in [2.24, 2.45) is 11.3 Å². The van der Waals surface area contributed by atoms with Gasteiger partial charge in [-0.15, -0.1) is 0 Å². The van der Waals surface area contributed by atoms with Crippen molar-refractivity contribution in [3.05, 3.63) is 0 Å². The Labute approximate surface area is 70.4 Å². The van der Waals surface area contributed by atoms with Gasteiger partial charge in [-0.05, 0) is 26.7 Å². The Morgan fingerprint density at radius 2 is 2.00 bits per heavy atom.